The van der Waals surface area contributed by atoms with Gasteiger partial charge in [-0.2, -0.15) is 7.05 Å². The van der Waals surface area contributed by atoms with Crippen molar-refractivity contribution >= 4 is 31.0 Å². The summed E-state index contributed by atoms with van der Waals surface area (Å²) in [7, 11) is 7.45. The Hall–Kier alpha value is -0.296. The Morgan fingerprint density at radius 1 is 0.667 bits per heavy atom. The number of hydrogen-bond acceptors (Lipinski definition) is 0. The molecule has 0 aromatic heterocycles. The second kappa shape index (κ2) is 15.5. The van der Waals surface area contributed by atoms with Crippen molar-refractivity contribution < 1.29 is 17.0 Å². The molecule has 3 fully saturated rings. The van der Waals surface area contributed by atoms with Gasteiger partial charge in [-0.25, -0.2) is 0 Å². The van der Waals surface area contributed by atoms with Crippen molar-refractivity contribution in [1.29, 1.82) is 0 Å². The number of nitrogens with zero attached hydrogens (tertiary/aromatic N) is 1. The van der Waals surface area contributed by atoms with E-state index in [0.717, 1.165) is 0 Å². The second-order valence-electron chi connectivity index (χ2n) is 16.2. The Morgan fingerprint density at radius 3 is 1.47 bits per heavy atom. The molecule has 0 heterocycles. The average Bonchev–Trinajstić information content (AvgIpc) is 3.34. The molecule has 4 unspecified atom stereocenters. The van der Waals surface area contributed by atoms with Gasteiger partial charge in [-0.1, -0.05) is 141 Å². The van der Waals surface area contributed by atoms with E-state index in [1.54, 1.807) is 0 Å². The number of rotatable bonds is 4. The van der Waals surface area contributed by atoms with Crippen LogP contribution in [0.15, 0.2) is 71.9 Å². The van der Waals surface area contributed by atoms with Crippen LogP contribution in [0.1, 0.15) is 117 Å². The van der Waals surface area contributed by atoms with Crippen LogP contribution in [0, 0.1) is 41.9 Å². The van der Waals surface area contributed by atoms with Gasteiger partial charge in [0.05, 0.1) is 0 Å². The minimum absolute atomic E-state index is 0. The van der Waals surface area contributed by atoms with Crippen LogP contribution < -0.4 is 5.30 Å². The third-order valence-corrected chi connectivity index (χ3v) is 16.0. The first-order valence-electron chi connectivity index (χ1n) is 17.4. The molecule has 0 aliphatic heterocycles. The van der Waals surface area contributed by atoms with Gasteiger partial charge in [-0.3, -0.25) is 0 Å². The normalized spacial score (nSPS) is 28.9. The number of halogens is 2. The first-order chi connectivity index (χ1) is 20.9. The van der Waals surface area contributed by atoms with Crippen molar-refractivity contribution in [3.05, 3.63) is 90.0 Å². The van der Waals surface area contributed by atoms with Crippen LogP contribution in [-0.2, 0) is 17.0 Å². The molecule has 5 aliphatic carbocycles. The minimum atomic E-state index is -2.33. The van der Waals surface area contributed by atoms with Crippen LogP contribution in [0.4, 0.5) is 0 Å². The van der Waals surface area contributed by atoms with E-state index in [1.807, 2.05) is 0 Å². The van der Waals surface area contributed by atoms with Gasteiger partial charge in [0.25, 0.3) is 0 Å². The van der Waals surface area contributed by atoms with Crippen molar-refractivity contribution in [3.8, 4) is 0 Å². The van der Waals surface area contributed by atoms with E-state index in [0.29, 0.717) is 40.9 Å². The Kier molecular flexibility index (Phi) is 12.9. The van der Waals surface area contributed by atoms with Crippen LogP contribution in [-0.4, -0.2) is 11.3 Å². The quantitative estimate of drug-likeness (QED) is 0.169. The molecule has 0 saturated heterocycles. The van der Waals surface area contributed by atoms with Crippen molar-refractivity contribution in [2.45, 2.75) is 123 Å². The van der Waals surface area contributed by atoms with Crippen molar-refractivity contribution in [2.24, 2.45) is 34.5 Å². The summed E-state index contributed by atoms with van der Waals surface area (Å²) in [5.41, 5.74) is 5.72. The topological polar surface area (TPSA) is 22.3 Å². The molecule has 6 rings (SSSR count). The van der Waals surface area contributed by atoms with Crippen molar-refractivity contribution in [1.82, 2.24) is 0 Å². The molecule has 5 heteroatoms. The van der Waals surface area contributed by atoms with E-state index in [9.17, 15) is 5.16 Å². The van der Waals surface area contributed by atoms with Crippen molar-refractivity contribution in [3.63, 3.8) is 0 Å². The number of fused-ring (bicyclic) bond motifs is 3. The molecule has 4 atom stereocenters. The summed E-state index contributed by atoms with van der Waals surface area (Å²) in [5, 5.41) is 14.8. The summed E-state index contributed by atoms with van der Waals surface area (Å²) in [4.78, 5) is 0. The van der Waals surface area contributed by atoms with E-state index < -0.39 is 24.1 Å². The SMILES string of the molecule is CC(C)(C)C1=CC2C(C=C1)C1C=CC(C(C)(C)C)=CC1C2c1ccccc1P(=[N-])(C1CCCCC1)C1CCCCC1.[CH3-].[Cl][Ti][Cl]. The van der Waals surface area contributed by atoms with Gasteiger partial charge in [0.2, 0.25) is 0 Å². The van der Waals surface area contributed by atoms with E-state index >= 15 is 0 Å². The summed E-state index contributed by atoms with van der Waals surface area (Å²) in [6.07, 6.45) is 28.1. The van der Waals surface area contributed by atoms with Crippen LogP contribution in [0.25, 0.3) is 5.16 Å². The Balaban J connectivity index is 0.00000111. The van der Waals surface area contributed by atoms with Gasteiger partial charge in [-0.15, -0.1) is 0 Å². The molecule has 248 valence electrons. The first-order valence-corrected chi connectivity index (χ1v) is 23.6. The Labute approximate surface area is 293 Å². The molecule has 45 heavy (non-hydrogen) atoms. The van der Waals surface area contributed by atoms with E-state index in [-0.39, 0.29) is 18.3 Å². The van der Waals surface area contributed by atoms with Gasteiger partial charge in [0, 0.05) is 0 Å². The Bertz CT molecular complexity index is 1240. The van der Waals surface area contributed by atoms with Gasteiger partial charge >= 0.3 is 35.6 Å². The molecule has 3 saturated carbocycles. The summed E-state index contributed by atoms with van der Waals surface area (Å²) >= 11 is -0.556. The average molecular weight is 703 g/mol. The molecule has 0 N–H and O–H groups in total. The van der Waals surface area contributed by atoms with Crippen molar-refractivity contribution in [2.75, 3.05) is 0 Å². The fraction of sp³-hybridized carbons (Fsp3) is 0.625. The first kappa shape index (κ1) is 37.5. The zero-order chi connectivity index (χ0) is 31.7. The number of allylic oxidation sites excluding steroid dienone is 8. The second-order valence-corrected chi connectivity index (χ2v) is 22.2. The molecule has 1 aromatic carbocycles. The molecule has 0 spiro atoms. The molecular formula is C40H58Cl2NPTi-2. The summed E-state index contributed by atoms with van der Waals surface area (Å²) in [6, 6.07) is 9.41. The predicted molar refractivity (Wildman–Crippen MR) is 198 cm³/mol. The third-order valence-electron chi connectivity index (χ3n) is 11.6. The van der Waals surface area contributed by atoms with Gasteiger partial charge in [-0.05, 0) is 99.4 Å². The van der Waals surface area contributed by atoms with Gasteiger partial charge in [0.1, 0.15) is 0 Å². The van der Waals surface area contributed by atoms with Gasteiger partial charge < -0.3 is 12.6 Å². The standard InChI is InChI=1S/C39H55NP.CH3.2ClH.Ti/c1-38(2,3)27-21-23-31-32-24-22-28(39(4,5)6)26-35(32)37(34(31)25-27)33-19-13-14-20-36(33)41(40,29-15-9-7-10-16-29)30-17-11-8-12-18-30;;;;/h13-14,19-26,29-32,34-35,37H,7-12,15-18H2,1-6H3;1H3;2*1H;/q2*-1;;;+2/p-2. The fourth-order valence-electron chi connectivity index (χ4n) is 9.30. The summed E-state index contributed by atoms with van der Waals surface area (Å²) in [6.45, 7) is 14.2. The zero-order valence-corrected chi connectivity index (χ0v) is 33.0. The van der Waals surface area contributed by atoms with E-state index in [4.69, 9.17) is 18.6 Å². The molecule has 1 nitrogen and oxygen atoms in total. The maximum atomic E-state index is 13.4. The van der Waals surface area contributed by atoms with Crippen LogP contribution >= 0.6 is 25.7 Å². The predicted octanol–water partition coefficient (Wildman–Crippen LogP) is 13.2. The fourth-order valence-corrected chi connectivity index (χ4v) is 13.9. The van der Waals surface area contributed by atoms with Gasteiger partial charge in [0.15, 0.2) is 0 Å². The molecule has 1 aromatic rings. The summed E-state index contributed by atoms with van der Waals surface area (Å²) in [5.74, 6) is 2.39. The molecule has 0 radical (unpaired) electrons. The monoisotopic (exact) mass is 701 g/mol. The van der Waals surface area contributed by atoms with Crippen LogP contribution in [0.2, 0.25) is 0 Å². The zero-order valence-electron chi connectivity index (χ0n) is 29.0. The molecule has 5 aliphatic rings. The van der Waals surface area contributed by atoms with E-state index in [1.165, 1.54) is 86.2 Å². The maximum absolute atomic E-state index is 13.4. The molecule has 0 amide bonds. The number of benzene rings is 1. The molecule has 0 bridgehead atoms. The summed E-state index contributed by atoms with van der Waals surface area (Å²) < 4.78 is 0. The molecular weight excluding hydrogens is 644 g/mol. The number of hydrogen-bond donors (Lipinski definition) is 0. The van der Waals surface area contributed by atoms with Crippen LogP contribution in [0.5, 0.6) is 0 Å². The third kappa shape index (κ3) is 7.80. The van der Waals surface area contributed by atoms with E-state index in [2.05, 4.69) is 102 Å². The van der Waals surface area contributed by atoms with Crippen LogP contribution in [0.3, 0.4) is 0 Å². The Morgan fingerprint density at radius 2 is 1.07 bits per heavy atom.